The molecule has 2 N–H and O–H groups in total. The van der Waals surface area contributed by atoms with Gasteiger partial charge in [-0.3, -0.25) is 9.59 Å². The van der Waals surface area contributed by atoms with Crippen molar-refractivity contribution in [1.29, 1.82) is 0 Å². The average molecular weight is 343 g/mol. The van der Waals surface area contributed by atoms with Crippen LogP contribution in [-0.4, -0.2) is 35.9 Å². The molecular weight excluding hydrogens is 321 g/mol. The summed E-state index contributed by atoms with van der Waals surface area (Å²) in [5, 5.41) is 2.85. The van der Waals surface area contributed by atoms with E-state index in [4.69, 9.17) is 0 Å². The molecule has 3 rings (SSSR count). The van der Waals surface area contributed by atoms with Gasteiger partial charge in [0.2, 0.25) is 5.56 Å². The minimum absolute atomic E-state index is 0.233. The molecule has 1 aromatic carbocycles. The summed E-state index contributed by atoms with van der Waals surface area (Å²) in [5.74, 6) is -0.0902. The van der Waals surface area contributed by atoms with Crippen LogP contribution in [0.3, 0.4) is 0 Å². The molecule has 0 saturated heterocycles. The number of halogens is 1. The lowest BCUT2D eigenvalue weighted by molar-refractivity contribution is 0.0949. The van der Waals surface area contributed by atoms with Gasteiger partial charge in [-0.25, -0.2) is 4.39 Å². The maximum Gasteiger partial charge on any atom is 0.251 e. The molecule has 1 fully saturated rings. The summed E-state index contributed by atoms with van der Waals surface area (Å²) in [7, 11) is 1.94. The van der Waals surface area contributed by atoms with Crippen molar-refractivity contribution in [2.45, 2.75) is 25.3 Å². The summed E-state index contributed by atoms with van der Waals surface area (Å²) < 4.78 is 12.9. The maximum absolute atomic E-state index is 12.9. The van der Waals surface area contributed by atoms with Crippen molar-refractivity contribution in [2.75, 3.05) is 20.1 Å². The lowest BCUT2D eigenvalue weighted by Crippen LogP contribution is -2.33. The number of likely N-dealkylation sites (N-methyl/N-ethyl adjacent to an activating group) is 1. The van der Waals surface area contributed by atoms with Crippen LogP contribution in [0.2, 0.25) is 0 Å². The van der Waals surface area contributed by atoms with Crippen molar-refractivity contribution in [3.63, 3.8) is 0 Å². The van der Waals surface area contributed by atoms with Gasteiger partial charge in [0.25, 0.3) is 5.91 Å². The number of carbonyl (C=O) groups is 1. The number of carbonyl (C=O) groups excluding carboxylic acids is 1. The molecule has 0 radical (unpaired) electrons. The van der Waals surface area contributed by atoms with E-state index >= 15 is 0 Å². The molecule has 1 amide bonds. The van der Waals surface area contributed by atoms with E-state index in [2.05, 4.69) is 10.3 Å². The number of nitrogens with one attached hydrogen (secondary N) is 2. The quantitative estimate of drug-likeness (QED) is 0.810. The molecule has 5 nitrogen and oxygen atoms in total. The highest BCUT2D eigenvalue weighted by Gasteiger charge is 2.25. The van der Waals surface area contributed by atoms with Gasteiger partial charge in [-0.1, -0.05) is 12.1 Å². The lowest BCUT2D eigenvalue weighted by atomic mass is 10.1. The van der Waals surface area contributed by atoms with E-state index in [0.29, 0.717) is 31.1 Å². The predicted molar refractivity (Wildman–Crippen MR) is 94.1 cm³/mol. The van der Waals surface area contributed by atoms with Crippen LogP contribution in [0.1, 0.15) is 40.4 Å². The van der Waals surface area contributed by atoms with Crippen molar-refractivity contribution in [3.8, 4) is 0 Å². The Balaban J connectivity index is 1.49. The first-order valence-electron chi connectivity index (χ1n) is 8.47. The summed E-state index contributed by atoms with van der Waals surface area (Å²) in [6.07, 6.45) is 2.13. The van der Waals surface area contributed by atoms with Gasteiger partial charge in [0.05, 0.1) is 0 Å². The van der Waals surface area contributed by atoms with Gasteiger partial charge < -0.3 is 15.2 Å². The van der Waals surface area contributed by atoms with Crippen molar-refractivity contribution in [3.05, 3.63) is 69.4 Å². The van der Waals surface area contributed by atoms with Crippen LogP contribution in [-0.2, 0) is 6.54 Å². The van der Waals surface area contributed by atoms with Crippen LogP contribution in [0.25, 0.3) is 0 Å². The minimum atomic E-state index is -0.248. The Hall–Kier alpha value is -2.47. The van der Waals surface area contributed by atoms with Gasteiger partial charge in [0, 0.05) is 37.0 Å². The Morgan fingerprint density at radius 2 is 2.00 bits per heavy atom. The van der Waals surface area contributed by atoms with Crippen LogP contribution < -0.4 is 10.9 Å². The Morgan fingerprint density at radius 3 is 2.68 bits per heavy atom. The summed E-state index contributed by atoms with van der Waals surface area (Å²) in [5.41, 5.74) is 2.04. The third-order valence-electron chi connectivity index (χ3n) is 4.29. The summed E-state index contributed by atoms with van der Waals surface area (Å²) >= 11 is 0. The number of H-pyrrole nitrogens is 1. The van der Waals surface area contributed by atoms with Crippen molar-refractivity contribution < 1.29 is 9.18 Å². The standard InChI is InChI=1S/C19H22FN3O2/c1-23(12-13-2-6-16(20)7-3-13)9-8-21-19(25)15-10-17(14-4-5-14)22-18(24)11-15/h2-3,6-7,10-11,14H,4-5,8-9,12H2,1H3,(H,21,25)(H,22,24). The van der Waals surface area contributed by atoms with E-state index in [9.17, 15) is 14.0 Å². The first-order valence-corrected chi connectivity index (χ1v) is 8.47. The number of hydrogen-bond donors (Lipinski definition) is 2. The summed E-state index contributed by atoms with van der Waals surface area (Å²) in [6, 6.07) is 9.49. The smallest absolute Gasteiger partial charge is 0.251 e. The van der Waals surface area contributed by atoms with Crippen LogP contribution in [0, 0.1) is 5.82 Å². The molecule has 0 atom stereocenters. The Labute approximate surface area is 145 Å². The lowest BCUT2D eigenvalue weighted by Gasteiger charge is -2.17. The molecule has 1 aliphatic rings. The van der Waals surface area contributed by atoms with E-state index in [1.807, 2.05) is 11.9 Å². The number of rotatable bonds is 7. The van der Waals surface area contributed by atoms with Gasteiger partial charge >= 0.3 is 0 Å². The van der Waals surface area contributed by atoms with Crippen LogP contribution in [0.4, 0.5) is 4.39 Å². The molecule has 6 heteroatoms. The second-order valence-corrected chi connectivity index (χ2v) is 6.58. The molecule has 0 unspecified atom stereocenters. The average Bonchev–Trinajstić information content (AvgIpc) is 3.41. The van der Waals surface area contributed by atoms with Crippen molar-refractivity contribution in [1.82, 2.24) is 15.2 Å². The van der Waals surface area contributed by atoms with Crippen molar-refractivity contribution >= 4 is 5.91 Å². The fourth-order valence-corrected chi connectivity index (χ4v) is 2.75. The fourth-order valence-electron chi connectivity index (χ4n) is 2.75. The van der Waals surface area contributed by atoms with E-state index in [0.717, 1.165) is 24.1 Å². The van der Waals surface area contributed by atoms with Crippen LogP contribution >= 0.6 is 0 Å². The molecule has 25 heavy (non-hydrogen) atoms. The number of nitrogens with zero attached hydrogens (tertiary/aromatic N) is 1. The molecule has 1 saturated carbocycles. The van der Waals surface area contributed by atoms with Gasteiger partial charge in [-0.2, -0.15) is 0 Å². The molecule has 1 aromatic heterocycles. The molecule has 1 heterocycles. The third-order valence-corrected chi connectivity index (χ3v) is 4.29. The highest BCUT2D eigenvalue weighted by molar-refractivity contribution is 5.94. The monoisotopic (exact) mass is 343 g/mol. The van der Waals surface area contributed by atoms with E-state index < -0.39 is 0 Å². The van der Waals surface area contributed by atoms with Crippen LogP contribution in [0.5, 0.6) is 0 Å². The highest BCUT2D eigenvalue weighted by atomic mass is 19.1. The molecule has 2 aromatic rings. The number of pyridine rings is 1. The third kappa shape index (κ3) is 5.00. The van der Waals surface area contributed by atoms with Gasteiger partial charge in [0.1, 0.15) is 5.82 Å². The van der Waals surface area contributed by atoms with E-state index in [-0.39, 0.29) is 17.3 Å². The molecule has 132 valence electrons. The van der Waals surface area contributed by atoms with Gasteiger partial charge in [0.15, 0.2) is 0 Å². The zero-order chi connectivity index (χ0) is 17.8. The topological polar surface area (TPSA) is 65.2 Å². The number of benzene rings is 1. The summed E-state index contributed by atoms with van der Waals surface area (Å²) in [4.78, 5) is 28.8. The number of hydrogen-bond acceptors (Lipinski definition) is 3. The first-order chi connectivity index (χ1) is 12.0. The van der Waals surface area contributed by atoms with Crippen molar-refractivity contribution in [2.24, 2.45) is 0 Å². The Kier molecular flexibility index (Phi) is 5.28. The normalized spacial score (nSPS) is 13.9. The summed E-state index contributed by atoms with van der Waals surface area (Å²) in [6.45, 7) is 1.80. The first kappa shape index (κ1) is 17.4. The molecular formula is C19H22FN3O2. The van der Waals surface area contributed by atoms with E-state index in [1.165, 1.54) is 18.2 Å². The highest BCUT2D eigenvalue weighted by Crippen LogP contribution is 2.38. The second kappa shape index (κ2) is 7.61. The molecule has 0 spiro atoms. The number of aromatic nitrogens is 1. The molecule has 1 aliphatic carbocycles. The maximum atomic E-state index is 12.9. The molecule has 0 bridgehead atoms. The zero-order valence-electron chi connectivity index (χ0n) is 14.2. The predicted octanol–water partition coefficient (Wildman–Crippen LogP) is 2.25. The largest absolute Gasteiger partial charge is 0.351 e. The fraction of sp³-hybridized carbons (Fsp3) is 0.368. The van der Waals surface area contributed by atoms with Crippen LogP contribution in [0.15, 0.2) is 41.2 Å². The van der Waals surface area contributed by atoms with E-state index in [1.54, 1.807) is 18.2 Å². The SMILES string of the molecule is CN(CCNC(=O)c1cc(C2CC2)[nH]c(=O)c1)Cc1ccc(F)cc1. The zero-order valence-corrected chi connectivity index (χ0v) is 14.2. The molecule has 0 aliphatic heterocycles. The van der Waals surface area contributed by atoms with Gasteiger partial charge in [-0.05, 0) is 49.6 Å². The number of amides is 1. The van der Waals surface area contributed by atoms with Gasteiger partial charge in [-0.15, -0.1) is 0 Å². The number of aromatic amines is 1. The Morgan fingerprint density at radius 1 is 1.28 bits per heavy atom. The second-order valence-electron chi connectivity index (χ2n) is 6.58. The Bertz CT molecular complexity index is 797. The minimum Gasteiger partial charge on any atom is -0.351 e.